The van der Waals surface area contributed by atoms with Crippen molar-refractivity contribution >= 4 is 11.8 Å². The van der Waals surface area contributed by atoms with Gasteiger partial charge in [0.15, 0.2) is 0 Å². The summed E-state index contributed by atoms with van der Waals surface area (Å²) in [5.41, 5.74) is -0.797. The molecule has 0 bridgehead atoms. The Morgan fingerprint density at radius 3 is 2.50 bits per heavy atom. The quantitative estimate of drug-likeness (QED) is 0.807. The van der Waals surface area contributed by atoms with Crippen LogP contribution in [0.2, 0.25) is 0 Å². The highest BCUT2D eigenvalue weighted by Crippen LogP contribution is 2.26. The largest absolute Gasteiger partial charge is 0.490 e. The van der Waals surface area contributed by atoms with Crippen molar-refractivity contribution in [1.82, 2.24) is 9.80 Å². The van der Waals surface area contributed by atoms with Gasteiger partial charge in [-0.2, -0.15) is 0 Å². The topological polar surface area (TPSA) is 59.1 Å². The summed E-state index contributed by atoms with van der Waals surface area (Å²) in [6.45, 7) is 4.79. The number of para-hydroxylation sites is 1. The number of morpholine rings is 1. The van der Waals surface area contributed by atoms with Crippen molar-refractivity contribution in [1.29, 1.82) is 0 Å². The van der Waals surface area contributed by atoms with Crippen LogP contribution in [0.3, 0.4) is 0 Å². The summed E-state index contributed by atoms with van der Waals surface area (Å²) in [6, 6.07) is 9.50. The van der Waals surface area contributed by atoms with E-state index in [1.165, 1.54) is 6.42 Å². The number of benzene rings is 1. The van der Waals surface area contributed by atoms with Crippen LogP contribution >= 0.6 is 0 Å². The molecule has 26 heavy (non-hydrogen) atoms. The monoisotopic (exact) mass is 360 g/mol. The minimum Gasteiger partial charge on any atom is -0.490 e. The van der Waals surface area contributed by atoms with Crippen molar-refractivity contribution in [3.63, 3.8) is 0 Å². The van der Waals surface area contributed by atoms with Crippen molar-refractivity contribution in [3.8, 4) is 5.75 Å². The number of hydrogen-bond donors (Lipinski definition) is 0. The molecule has 1 atom stereocenters. The SMILES string of the molecule is CC(=O)N1CCOC(COc2ccccc2)(CC(=O)N2CCCCC2)C1. The van der Waals surface area contributed by atoms with Gasteiger partial charge in [0.1, 0.15) is 18.0 Å². The highest BCUT2D eigenvalue weighted by Gasteiger charge is 2.41. The lowest BCUT2D eigenvalue weighted by atomic mass is 9.96. The molecule has 1 unspecified atom stereocenters. The lowest BCUT2D eigenvalue weighted by Crippen LogP contribution is -2.58. The van der Waals surface area contributed by atoms with Crippen LogP contribution in [0.4, 0.5) is 0 Å². The van der Waals surface area contributed by atoms with Gasteiger partial charge in [0.25, 0.3) is 0 Å². The smallest absolute Gasteiger partial charge is 0.225 e. The van der Waals surface area contributed by atoms with E-state index in [4.69, 9.17) is 9.47 Å². The Morgan fingerprint density at radius 1 is 1.08 bits per heavy atom. The zero-order valence-corrected chi connectivity index (χ0v) is 15.5. The van der Waals surface area contributed by atoms with Crippen LogP contribution in [0.1, 0.15) is 32.6 Å². The standard InChI is InChI=1S/C20H28N2O4/c1-17(23)22-12-13-26-20(15-22,16-25-18-8-4-2-5-9-18)14-19(24)21-10-6-3-7-11-21/h2,4-5,8-9H,3,6-7,10-16H2,1H3. The molecule has 142 valence electrons. The van der Waals surface area contributed by atoms with E-state index in [2.05, 4.69) is 0 Å². The molecule has 2 aliphatic heterocycles. The highest BCUT2D eigenvalue weighted by atomic mass is 16.5. The molecule has 2 aliphatic rings. The van der Waals surface area contributed by atoms with Crippen LogP contribution in [0, 0.1) is 0 Å². The van der Waals surface area contributed by atoms with Gasteiger partial charge in [0.2, 0.25) is 11.8 Å². The number of nitrogens with zero attached hydrogens (tertiary/aromatic N) is 2. The van der Waals surface area contributed by atoms with Crippen molar-refractivity contribution < 1.29 is 19.1 Å². The molecule has 0 spiro atoms. The van der Waals surface area contributed by atoms with Gasteiger partial charge >= 0.3 is 0 Å². The van der Waals surface area contributed by atoms with E-state index < -0.39 is 5.60 Å². The molecule has 2 saturated heterocycles. The third-order valence-electron chi connectivity index (χ3n) is 5.12. The fraction of sp³-hybridized carbons (Fsp3) is 0.600. The molecule has 1 aromatic carbocycles. The molecule has 0 radical (unpaired) electrons. The maximum Gasteiger partial charge on any atom is 0.225 e. The van der Waals surface area contributed by atoms with E-state index in [1.54, 1.807) is 11.8 Å². The average molecular weight is 360 g/mol. The van der Waals surface area contributed by atoms with Crippen molar-refractivity contribution in [2.45, 2.75) is 38.2 Å². The van der Waals surface area contributed by atoms with Crippen LogP contribution in [-0.2, 0) is 14.3 Å². The molecule has 6 heteroatoms. The minimum atomic E-state index is -0.797. The van der Waals surface area contributed by atoms with Crippen LogP contribution in [-0.4, -0.2) is 66.6 Å². The second-order valence-corrected chi connectivity index (χ2v) is 7.19. The first-order valence-electron chi connectivity index (χ1n) is 9.43. The second-order valence-electron chi connectivity index (χ2n) is 7.19. The van der Waals surface area contributed by atoms with Crippen molar-refractivity contribution in [2.24, 2.45) is 0 Å². The number of rotatable bonds is 5. The van der Waals surface area contributed by atoms with E-state index in [0.29, 0.717) is 19.7 Å². The summed E-state index contributed by atoms with van der Waals surface area (Å²) in [4.78, 5) is 28.4. The van der Waals surface area contributed by atoms with Crippen LogP contribution in [0.15, 0.2) is 30.3 Å². The summed E-state index contributed by atoms with van der Waals surface area (Å²) >= 11 is 0. The fourth-order valence-electron chi connectivity index (χ4n) is 3.62. The van der Waals surface area contributed by atoms with Crippen LogP contribution in [0.25, 0.3) is 0 Å². The molecule has 6 nitrogen and oxygen atoms in total. The predicted octanol–water partition coefficient (Wildman–Crippen LogP) is 2.09. The summed E-state index contributed by atoms with van der Waals surface area (Å²) in [5.74, 6) is 0.829. The van der Waals surface area contributed by atoms with Gasteiger partial charge in [0, 0.05) is 26.6 Å². The number of ether oxygens (including phenoxy) is 2. The lowest BCUT2D eigenvalue weighted by molar-refractivity contribution is -0.165. The van der Waals surface area contributed by atoms with Crippen LogP contribution in [0.5, 0.6) is 5.75 Å². The predicted molar refractivity (Wildman–Crippen MR) is 97.9 cm³/mol. The Kier molecular flexibility index (Phi) is 6.14. The third-order valence-corrected chi connectivity index (χ3v) is 5.12. The summed E-state index contributed by atoms with van der Waals surface area (Å²) in [5, 5.41) is 0. The van der Waals surface area contributed by atoms with Crippen molar-refractivity contribution in [3.05, 3.63) is 30.3 Å². The number of carbonyl (C=O) groups is 2. The summed E-state index contributed by atoms with van der Waals surface area (Å²) in [6.07, 6.45) is 3.53. The Hall–Kier alpha value is -2.08. The number of piperidine rings is 1. The van der Waals surface area contributed by atoms with Crippen LogP contribution < -0.4 is 4.74 Å². The number of hydrogen-bond acceptors (Lipinski definition) is 4. The zero-order chi connectivity index (χ0) is 18.4. The van der Waals surface area contributed by atoms with E-state index in [9.17, 15) is 9.59 Å². The lowest BCUT2D eigenvalue weighted by Gasteiger charge is -2.42. The molecule has 3 rings (SSSR count). The molecule has 2 fully saturated rings. The molecule has 0 aromatic heterocycles. The molecule has 0 aliphatic carbocycles. The first-order valence-corrected chi connectivity index (χ1v) is 9.43. The maximum absolute atomic E-state index is 12.8. The summed E-state index contributed by atoms with van der Waals surface area (Å²) in [7, 11) is 0. The van der Waals surface area contributed by atoms with Gasteiger partial charge in [-0.1, -0.05) is 18.2 Å². The number of carbonyl (C=O) groups excluding carboxylic acids is 2. The minimum absolute atomic E-state index is 0.00260. The molecular formula is C20H28N2O4. The Bertz CT molecular complexity index is 615. The first kappa shape index (κ1) is 18.7. The molecule has 0 N–H and O–H groups in total. The maximum atomic E-state index is 12.8. The van der Waals surface area contributed by atoms with E-state index >= 15 is 0 Å². The number of likely N-dealkylation sites (tertiary alicyclic amines) is 1. The van der Waals surface area contributed by atoms with Gasteiger partial charge in [-0.15, -0.1) is 0 Å². The Labute approximate surface area is 155 Å². The molecule has 1 aromatic rings. The van der Waals surface area contributed by atoms with Gasteiger partial charge in [-0.05, 0) is 31.4 Å². The highest BCUT2D eigenvalue weighted by molar-refractivity contribution is 5.78. The van der Waals surface area contributed by atoms with E-state index in [0.717, 1.165) is 31.7 Å². The van der Waals surface area contributed by atoms with Crippen molar-refractivity contribution in [2.75, 3.05) is 39.4 Å². The molecular weight excluding hydrogens is 332 g/mol. The average Bonchev–Trinajstić information content (AvgIpc) is 2.68. The normalized spacial score (nSPS) is 23.6. The Balaban J connectivity index is 1.71. The zero-order valence-electron chi connectivity index (χ0n) is 15.5. The van der Waals surface area contributed by atoms with Gasteiger partial charge < -0.3 is 19.3 Å². The third kappa shape index (κ3) is 4.75. The van der Waals surface area contributed by atoms with Gasteiger partial charge in [-0.3, -0.25) is 9.59 Å². The second kappa shape index (κ2) is 8.54. The van der Waals surface area contributed by atoms with Gasteiger partial charge in [0.05, 0.1) is 19.6 Å². The summed E-state index contributed by atoms with van der Waals surface area (Å²) < 4.78 is 12.0. The van der Waals surface area contributed by atoms with E-state index in [-0.39, 0.29) is 24.8 Å². The Morgan fingerprint density at radius 2 is 1.81 bits per heavy atom. The van der Waals surface area contributed by atoms with E-state index in [1.807, 2.05) is 35.2 Å². The first-order chi connectivity index (χ1) is 12.6. The molecule has 2 heterocycles. The number of amides is 2. The molecule has 2 amide bonds. The molecule has 0 saturated carbocycles. The van der Waals surface area contributed by atoms with Gasteiger partial charge in [-0.25, -0.2) is 0 Å². The fourth-order valence-corrected chi connectivity index (χ4v) is 3.62.